The summed E-state index contributed by atoms with van der Waals surface area (Å²) in [5.74, 6) is -1.27. The highest BCUT2D eigenvalue weighted by Crippen LogP contribution is 2.11. The van der Waals surface area contributed by atoms with Gasteiger partial charge in [0, 0.05) is 19.5 Å². The average Bonchev–Trinajstić information content (AvgIpc) is 2.49. The zero-order valence-electron chi connectivity index (χ0n) is 12.2. The van der Waals surface area contributed by atoms with Crippen LogP contribution in [0.4, 0.5) is 0 Å². The number of carbonyl (C=O) groups is 2. The number of carbonyl (C=O) groups excluding carboxylic acids is 1. The van der Waals surface area contributed by atoms with Gasteiger partial charge in [-0.25, -0.2) is 4.79 Å². The van der Waals surface area contributed by atoms with Crippen LogP contribution in [-0.2, 0) is 20.7 Å². The SMILES string of the molecule is O=C(CN1CCOCC1)N[C@@H](Cc1ccc(O)cc1)C(=O)O. The van der Waals surface area contributed by atoms with Crippen molar-refractivity contribution < 1.29 is 24.5 Å². The van der Waals surface area contributed by atoms with E-state index in [-0.39, 0.29) is 24.6 Å². The lowest BCUT2D eigenvalue weighted by molar-refractivity contribution is -0.142. The molecular weight excluding hydrogens is 288 g/mol. The van der Waals surface area contributed by atoms with Gasteiger partial charge >= 0.3 is 5.97 Å². The number of morpholine rings is 1. The van der Waals surface area contributed by atoms with E-state index in [1.54, 1.807) is 12.1 Å². The minimum absolute atomic E-state index is 0.118. The van der Waals surface area contributed by atoms with Crippen molar-refractivity contribution in [2.45, 2.75) is 12.5 Å². The van der Waals surface area contributed by atoms with Crippen molar-refractivity contribution in [3.63, 3.8) is 0 Å². The third kappa shape index (κ3) is 5.01. The van der Waals surface area contributed by atoms with Crippen LogP contribution in [-0.4, -0.2) is 65.9 Å². The minimum Gasteiger partial charge on any atom is -0.508 e. The summed E-state index contributed by atoms with van der Waals surface area (Å²) in [6.07, 6.45) is 0.171. The number of benzene rings is 1. The minimum atomic E-state index is -1.08. The molecule has 1 aromatic rings. The molecule has 1 fully saturated rings. The maximum Gasteiger partial charge on any atom is 0.326 e. The molecule has 7 heteroatoms. The molecule has 0 unspecified atom stereocenters. The van der Waals surface area contributed by atoms with Crippen molar-refractivity contribution in [1.29, 1.82) is 0 Å². The molecule has 0 saturated carbocycles. The first-order valence-corrected chi connectivity index (χ1v) is 7.15. The van der Waals surface area contributed by atoms with E-state index in [2.05, 4.69) is 5.32 Å². The standard InChI is InChI=1S/C15H20N2O5/c18-12-3-1-11(2-4-12)9-13(15(20)21)16-14(19)10-17-5-7-22-8-6-17/h1-4,13,18H,5-10H2,(H,16,19)(H,20,21)/t13-/m0/s1. The monoisotopic (exact) mass is 308 g/mol. The summed E-state index contributed by atoms with van der Waals surface area (Å²) in [4.78, 5) is 25.2. The van der Waals surface area contributed by atoms with Gasteiger partial charge in [0.15, 0.2) is 0 Å². The fourth-order valence-electron chi connectivity index (χ4n) is 2.27. The molecule has 120 valence electrons. The number of nitrogens with zero attached hydrogens (tertiary/aromatic N) is 1. The Morgan fingerprint density at radius 1 is 1.23 bits per heavy atom. The Balaban J connectivity index is 1.88. The lowest BCUT2D eigenvalue weighted by atomic mass is 10.1. The summed E-state index contributed by atoms with van der Waals surface area (Å²) in [5, 5.41) is 21.0. The fourth-order valence-corrected chi connectivity index (χ4v) is 2.27. The van der Waals surface area contributed by atoms with Crippen LogP contribution >= 0.6 is 0 Å². The Hall–Kier alpha value is -2.12. The number of carboxylic acid groups (broad SMARTS) is 1. The smallest absolute Gasteiger partial charge is 0.326 e. The number of rotatable bonds is 6. The maximum atomic E-state index is 12.0. The number of phenols is 1. The number of carboxylic acids is 1. The van der Waals surface area contributed by atoms with E-state index < -0.39 is 12.0 Å². The van der Waals surface area contributed by atoms with E-state index >= 15 is 0 Å². The summed E-state index contributed by atoms with van der Waals surface area (Å²) >= 11 is 0. The Morgan fingerprint density at radius 2 is 1.86 bits per heavy atom. The van der Waals surface area contributed by atoms with Crippen LogP contribution < -0.4 is 5.32 Å². The Morgan fingerprint density at radius 3 is 2.45 bits per heavy atom. The van der Waals surface area contributed by atoms with Crippen LogP contribution in [0.5, 0.6) is 5.75 Å². The van der Waals surface area contributed by atoms with Crippen LogP contribution in [0, 0.1) is 0 Å². The summed E-state index contributed by atoms with van der Waals surface area (Å²) in [5.41, 5.74) is 0.733. The number of ether oxygens (including phenoxy) is 1. The topological polar surface area (TPSA) is 99.1 Å². The van der Waals surface area contributed by atoms with Gasteiger partial charge < -0.3 is 20.3 Å². The van der Waals surface area contributed by atoms with Crippen LogP contribution in [0.1, 0.15) is 5.56 Å². The highest BCUT2D eigenvalue weighted by atomic mass is 16.5. The lowest BCUT2D eigenvalue weighted by Gasteiger charge is -2.26. The summed E-state index contributed by atoms with van der Waals surface area (Å²) < 4.78 is 5.20. The van der Waals surface area contributed by atoms with Gasteiger partial charge in [-0.3, -0.25) is 9.69 Å². The van der Waals surface area contributed by atoms with Crippen molar-refractivity contribution in [3.8, 4) is 5.75 Å². The predicted octanol–water partition coefficient (Wildman–Crippen LogP) is -0.164. The highest BCUT2D eigenvalue weighted by molar-refractivity contribution is 5.84. The van der Waals surface area contributed by atoms with Crippen molar-refractivity contribution >= 4 is 11.9 Å². The Bertz CT molecular complexity index is 511. The van der Waals surface area contributed by atoms with E-state index in [0.717, 1.165) is 5.56 Å². The molecule has 22 heavy (non-hydrogen) atoms. The van der Waals surface area contributed by atoms with Crippen molar-refractivity contribution in [3.05, 3.63) is 29.8 Å². The second kappa shape index (κ2) is 7.77. The molecule has 0 bridgehead atoms. The highest BCUT2D eigenvalue weighted by Gasteiger charge is 2.22. The number of hydrogen-bond acceptors (Lipinski definition) is 5. The molecule has 0 spiro atoms. The van der Waals surface area contributed by atoms with E-state index in [1.165, 1.54) is 12.1 Å². The van der Waals surface area contributed by atoms with E-state index in [0.29, 0.717) is 26.3 Å². The van der Waals surface area contributed by atoms with Gasteiger partial charge in [0.1, 0.15) is 11.8 Å². The van der Waals surface area contributed by atoms with E-state index in [9.17, 15) is 19.8 Å². The quantitative estimate of drug-likeness (QED) is 0.675. The third-order valence-corrected chi connectivity index (χ3v) is 3.48. The van der Waals surface area contributed by atoms with Crippen LogP contribution in [0.15, 0.2) is 24.3 Å². The molecule has 7 nitrogen and oxygen atoms in total. The summed E-state index contributed by atoms with van der Waals surface area (Å²) in [7, 11) is 0. The second-order valence-electron chi connectivity index (χ2n) is 5.22. The van der Waals surface area contributed by atoms with Gasteiger partial charge in [-0.05, 0) is 17.7 Å². The van der Waals surface area contributed by atoms with Crippen LogP contribution in [0.2, 0.25) is 0 Å². The molecule has 1 atom stereocenters. The molecule has 1 amide bonds. The van der Waals surface area contributed by atoms with E-state index in [4.69, 9.17) is 4.74 Å². The molecule has 0 radical (unpaired) electrons. The molecule has 0 aromatic heterocycles. The first-order valence-electron chi connectivity index (χ1n) is 7.15. The fraction of sp³-hybridized carbons (Fsp3) is 0.467. The first kappa shape index (κ1) is 16.3. The molecule has 1 aromatic carbocycles. The van der Waals surface area contributed by atoms with E-state index in [1.807, 2.05) is 4.90 Å². The lowest BCUT2D eigenvalue weighted by Crippen LogP contribution is -2.48. The first-order chi connectivity index (χ1) is 10.5. The van der Waals surface area contributed by atoms with Crippen LogP contribution in [0.25, 0.3) is 0 Å². The van der Waals surface area contributed by atoms with Crippen molar-refractivity contribution in [2.24, 2.45) is 0 Å². The van der Waals surface area contributed by atoms with Gasteiger partial charge in [0.2, 0.25) is 5.91 Å². The largest absolute Gasteiger partial charge is 0.508 e. The van der Waals surface area contributed by atoms with Crippen molar-refractivity contribution in [1.82, 2.24) is 10.2 Å². The van der Waals surface area contributed by atoms with Gasteiger partial charge in [-0.15, -0.1) is 0 Å². The third-order valence-electron chi connectivity index (χ3n) is 3.48. The molecule has 2 rings (SSSR count). The van der Waals surface area contributed by atoms with Gasteiger partial charge in [0.05, 0.1) is 19.8 Å². The number of aromatic hydroxyl groups is 1. The summed E-state index contributed by atoms with van der Waals surface area (Å²) in [6.45, 7) is 2.68. The average molecular weight is 308 g/mol. The second-order valence-corrected chi connectivity index (χ2v) is 5.22. The molecule has 1 aliphatic heterocycles. The van der Waals surface area contributed by atoms with Crippen LogP contribution in [0.3, 0.4) is 0 Å². The molecule has 0 aliphatic carbocycles. The molecule has 1 saturated heterocycles. The molecular formula is C15H20N2O5. The normalized spacial score (nSPS) is 16.9. The number of phenolic OH excluding ortho intramolecular Hbond substituents is 1. The Labute approximate surface area is 128 Å². The number of aliphatic carboxylic acids is 1. The number of amides is 1. The van der Waals surface area contributed by atoms with Gasteiger partial charge in [-0.2, -0.15) is 0 Å². The predicted molar refractivity (Wildman–Crippen MR) is 78.6 cm³/mol. The Kier molecular flexibility index (Phi) is 5.74. The van der Waals surface area contributed by atoms with Gasteiger partial charge in [0.25, 0.3) is 0 Å². The summed E-state index contributed by atoms with van der Waals surface area (Å²) in [6, 6.07) is 5.27. The number of hydrogen-bond donors (Lipinski definition) is 3. The van der Waals surface area contributed by atoms with Gasteiger partial charge in [-0.1, -0.05) is 12.1 Å². The zero-order valence-corrected chi connectivity index (χ0v) is 12.2. The zero-order chi connectivity index (χ0) is 15.9. The molecule has 1 heterocycles. The van der Waals surface area contributed by atoms with Crippen molar-refractivity contribution in [2.75, 3.05) is 32.8 Å². The maximum absolute atomic E-state index is 12.0. The molecule has 3 N–H and O–H groups in total. The number of nitrogens with one attached hydrogen (secondary N) is 1. The molecule has 1 aliphatic rings.